The lowest BCUT2D eigenvalue weighted by Crippen LogP contribution is -2.05. The van der Waals surface area contributed by atoms with Crippen molar-refractivity contribution in [3.63, 3.8) is 0 Å². The Morgan fingerprint density at radius 2 is 1.89 bits per heavy atom. The average Bonchev–Trinajstić information content (AvgIpc) is 3.11. The van der Waals surface area contributed by atoms with E-state index in [0.29, 0.717) is 16.1 Å². The maximum Gasteiger partial charge on any atom is 0.341 e. The van der Waals surface area contributed by atoms with Crippen LogP contribution in [-0.2, 0) is 4.74 Å². The van der Waals surface area contributed by atoms with E-state index in [4.69, 9.17) is 4.74 Å². The van der Waals surface area contributed by atoms with Crippen molar-refractivity contribution in [1.82, 2.24) is 0 Å². The van der Waals surface area contributed by atoms with Crippen molar-refractivity contribution in [2.24, 2.45) is 4.99 Å². The van der Waals surface area contributed by atoms with Gasteiger partial charge in [0.2, 0.25) is 0 Å². The Morgan fingerprint density at radius 3 is 2.52 bits per heavy atom. The van der Waals surface area contributed by atoms with E-state index in [9.17, 15) is 14.9 Å². The lowest BCUT2D eigenvalue weighted by Gasteiger charge is -2.05. The number of ether oxygens (including phenoxy) is 1. The number of hydrogen-bond donors (Lipinski definition) is 0. The van der Waals surface area contributed by atoms with Crippen LogP contribution in [0.4, 0.5) is 10.7 Å². The zero-order chi connectivity index (χ0) is 19.2. The molecule has 0 aliphatic heterocycles. The molecule has 0 spiro atoms. The Kier molecular flexibility index (Phi) is 5.73. The number of rotatable bonds is 6. The van der Waals surface area contributed by atoms with Gasteiger partial charge in [0, 0.05) is 29.3 Å². The highest BCUT2D eigenvalue weighted by Crippen LogP contribution is 2.38. The number of carbonyl (C=O) groups excluding carboxylic acids is 1. The van der Waals surface area contributed by atoms with E-state index in [1.807, 2.05) is 35.7 Å². The first kappa shape index (κ1) is 18.5. The van der Waals surface area contributed by atoms with Crippen LogP contribution in [0.3, 0.4) is 0 Å². The van der Waals surface area contributed by atoms with Gasteiger partial charge in [-0.05, 0) is 30.2 Å². The molecule has 136 valence electrons. The van der Waals surface area contributed by atoms with Gasteiger partial charge in [0.25, 0.3) is 5.69 Å². The van der Waals surface area contributed by atoms with E-state index in [1.165, 1.54) is 23.5 Å². The first-order valence-corrected chi connectivity index (χ1v) is 9.10. The predicted octanol–water partition coefficient (Wildman–Crippen LogP) is 5.25. The molecular weight excluding hydrogens is 364 g/mol. The Bertz CT molecular complexity index is 979. The van der Waals surface area contributed by atoms with E-state index < -0.39 is 10.9 Å². The summed E-state index contributed by atoms with van der Waals surface area (Å²) < 4.78 is 5.20. The highest BCUT2D eigenvalue weighted by atomic mass is 32.1. The number of esters is 1. The summed E-state index contributed by atoms with van der Waals surface area (Å²) in [6.07, 6.45) is 1.58. The standard InChI is InChI=1S/C20H16N2O4S/c1-2-26-20(23)18-17(15-6-4-3-5-7-15)13-27-19(18)21-12-14-8-10-16(11-9-14)22(24)25/h3-13H,2H2,1H3/b21-12+. The number of nitrogens with zero attached hydrogens (tertiary/aromatic N) is 2. The van der Waals surface area contributed by atoms with E-state index >= 15 is 0 Å². The van der Waals surface area contributed by atoms with Crippen LogP contribution >= 0.6 is 11.3 Å². The third-order valence-corrected chi connectivity index (χ3v) is 4.66. The largest absolute Gasteiger partial charge is 0.462 e. The van der Waals surface area contributed by atoms with Crippen LogP contribution in [0.1, 0.15) is 22.8 Å². The van der Waals surface area contributed by atoms with Gasteiger partial charge in [-0.1, -0.05) is 30.3 Å². The first-order chi connectivity index (χ1) is 13.1. The lowest BCUT2D eigenvalue weighted by atomic mass is 10.0. The fourth-order valence-corrected chi connectivity index (χ4v) is 3.40. The van der Waals surface area contributed by atoms with Crippen LogP contribution in [0, 0.1) is 10.1 Å². The van der Waals surface area contributed by atoms with E-state index in [-0.39, 0.29) is 12.3 Å². The smallest absolute Gasteiger partial charge is 0.341 e. The number of hydrogen-bond acceptors (Lipinski definition) is 6. The van der Waals surface area contributed by atoms with Gasteiger partial charge >= 0.3 is 5.97 Å². The van der Waals surface area contributed by atoms with Crippen molar-refractivity contribution in [3.8, 4) is 11.1 Å². The summed E-state index contributed by atoms with van der Waals surface area (Å²) in [6.45, 7) is 2.03. The molecule has 7 heteroatoms. The molecule has 0 amide bonds. The predicted molar refractivity (Wildman–Crippen MR) is 106 cm³/mol. The van der Waals surface area contributed by atoms with Crippen LogP contribution in [0.2, 0.25) is 0 Å². The van der Waals surface area contributed by atoms with Gasteiger partial charge in [0.1, 0.15) is 10.6 Å². The lowest BCUT2D eigenvalue weighted by molar-refractivity contribution is -0.384. The summed E-state index contributed by atoms with van der Waals surface area (Å²) in [5, 5.41) is 13.1. The number of non-ortho nitro benzene ring substituents is 1. The fraction of sp³-hybridized carbons (Fsp3) is 0.100. The third-order valence-electron chi connectivity index (χ3n) is 3.77. The fourth-order valence-electron chi connectivity index (χ4n) is 2.49. The van der Waals surface area contributed by atoms with Gasteiger partial charge in [0.05, 0.1) is 11.5 Å². The maximum atomic E-state index is 12.5. The van der Waals surface area contributed by atoms with Gasteiger partial charge in [-0.15, -0.1) is 11.3 Å². The van der Waals surface area contributed by atoms with E-state index in [1.54, 1.807) is 25.3 Å². The Morgan fingerprint density at radius 1 is 1.19 bits per heavy atom. The summed E-state index contributed by atoms with van der Waals surface area (Å²) >= 11 is 1.35. The minimum absolute atomic E-state index is 0.0156. The highest BCUT2D eigenvalue weighted by Gasteiger charge is 2.21. The Labute approximate surface area is 159 Å². The van der Waals surface area contributed by atoms with Crippen molar-refractivity contribution in [1.29, 1.82) is 0 Å². The third kappa shape index (κ3) is 4.27. The minimum atomic E-state index is -0.453. The highest BCUT2D eigenvalue weighted by molar-refractivity contribution is 7.14. The number of nitro groups is 1. The van der Waals surface area contributed by atoms with Crippen molar-refractivity contribution in [2.75, 3.05) is 6.61 Å². The maximum absolute atomic E-state index is 12.5. The second-order valence-electron chi connectivity index (χ2n) is 5.52. The van der Waals surface area contributed by atoms with Gasteiger partial charge in [0.15, 0.2) is 0 Å². The first-order valence-electron chi connectivity index (χ1n) is 8.22. The molecule has 0 aliphatic rings. The monoisotopic (exact) mass is 380 g/mol. The van der Waals surface area contributed by atoms with Gasteiger partial charge < -0.3 is 4.74 Å². The average molecular weight is 380 g/mol. The van der Waals surface area contributed by atoms with Crippen LogP contribution in [-0.4, -0.2) is 23.7 Å². The molecule has 1 aromatic heterocycles. The molecule has 0 aliphatic carbocycles. The molecule has 0 atom stereocenters. The molecule has 3 rings (SSSR count). The summed E-state index contributed by atoms with van der Waals surface area (Å²) in [5.74, 6) is -0.423. The summed E-state index contributed by atoms with van der Waals surface area (Å²) in [6, 6.07) is 15.6. The van der Waals surface area contributed by atoms with Gasteiger partial charge in [-0.25, -0.2) is 9.79 Å². The number of carbonyl (C=O) groups is 1. The summed E-state index contributed by atoms with van der Waals surface area (Å²) in [5.41, 5.74) is 2.82. The second kappa shape index (κ2) is 8.37. The van der Waals surface area contributed by atoms with Crippen molar-refractivity contribution < 1.29 is 14.5 Å². The van der Waals surface area contributed by atoms with Gasteiger partial charge in [-0.3, -0.25) is 10.1 Å². The zero-order valence-electron chi connectivity index (χ0n) is 14.5. The van der Waals surface area contributed by atoms with E-state index in [2.05, 4.69) is 4.99 Å². The normalized spacial score (nSPS) is 10.9. The number of benzene rings is 2. The second-order valence-corrected chi connectivity index (χ2v) is 6.38. The van der Waals surface area contributed by atoms with Crippen LogP contribution in [0.25, 0.3) is 11.1 Å². The van der Waals surface area contributed by atoms with Crippen LogP contribution in [0.5, 0.6) is 0 Å². The Hall–Kier alpha value is -3.32. The molecule has 1 heterocycles. The van der Waals surface area contributed by atoms with Crippen LogP contribution < -0.4 is 0 Å². The molecule has 0 saturated carbocycles. The van der Waals surface area contributed by atoms with Crippen molar-refractivity contribution in [3.05, 3.63) is 81.2 Å². The van der Waals surface area contributed by atoms with E-state index in [0.717, 1.165) is 11.1 Å². The molecule has 27 heavy (non-hydrogen) atoms. The van der Waals surface area contributed by atoms with Crippen LogP contribution in [0.15, 0.2) is 65.0 Å². The molecule has 0 radical (unpaired) electrons. The topological polar surface area (TPSA) is 81.8 Å². The molecule has 0 fully saturated rings. The summed E-state index contributed by atoms with van der Waals surface area (Å²) in [7, 11) is 0. The molecule has 2 aromatic carbocycles. The quantitative estimate of drug-likeness (QED) is 0.253. The number of nitro benzene ring substituents is 1. The SMILES string of the molecule is CCOC(=O)c1c(-c2ccccc2)csc1/N=C/c1ccc([N+](=O)[O-])cc1. The molecule has 0 bridgehead atoms. The zero-order valence-corrected chi connectivity index (χ0v) is 15.3. The summed E-state index contributed by atoms with van der Waals surface area (Å²) in [4.78, 5) is 27.2. The molecule has 3 aromatic rings. The Balaban J connectivity index is 1.96. The van der Waals surface area contributed by atoms with Crippen molar-refractivity contribution >= 4 is 34.2 Å². The number of thiophene rings is 1. The molecular formula is C20H16N2O4S. The van der Waals surface area contributed by atoms with Crippen molar-refractivity contribution in [2.45, 2.75) is 6.92 Å². The molecule has 0 N–H and O–H groups in total. The molecule has 0 unspecified atom stereocenters. The number of aliphatic imine (C=N–C) groups is 1. The minimum Gasteiger partial charge on any atom is -0.462 e. The molecule has 0 saturated heterocycles. The molecule has 6 nitrogen and oxygen atoms in total. The van der Waals surface area contributed by atoms with Gasteiger partial charge in [-0.2, -0.15) is 0 Å².